The second-order valence-corrected chi connectivity index (χ2v) is 10.0. The fourth-order valence-corrected chi connectivity index (χ4v) is 5.41. The van der Waals surface area contributed by atoms with Crippen LogP contribution in [-0.2, 0) is 19.6 Å². The molecule has 32 heavy (non-hydrogen) atoms. The number of benzene rings is 2. The fraction of sp³-hybridized carbons (Fsp3) is 0.391. The summed E-state index contributed by atoms with van der Waals surface area (Å²) in [6.07, 6.45) is 1.02. The lowest BCUT2D eigenvalue weighted by molar-refractivity contribution is -0.149. The van der Waals surface area contributed by atoms with E-state index in [1.54, 1.807) is 24.0 Å². The third-order valence-corrected chi connectivity index (χ3v) is 7.21. The van der Waals surface area contributed by atoms with Crippen LogP contribution in [0.5, 0.6) is 0 Å². The average Bonchev–Trinajstić information content (AvgIpc) is 2.72. The molecular formula is C23H27ClN2O5S. The number of aryl methyl sites for hydroxylation is 2. The molecule has 0 aliphatic carbocycles. The van der Waals surface area contributed by atoms with Crippen molar-refractivity contribution in [3.63, 3.8) is 0 Å². The van der Waals surface area contributed by atoms with Gasteiger partial charge in [0.05, 0.1) is 17.5 Å². The molecule has 1 saturated heterocycles. The number of likely N-dealkylation sites (tertiary alicyclic amines) is 1. The Balaban J connectivity index is 1.78. The Bertz CT molecular complexity index is 1100. The molecule has 1 aliphatic rings. The zero-order valence-corrected chi connectivity index (χ0v) is 19.9. The predicted molar refractivity (Wildman–Crippen MR) is 123 cm³/mol. The van der Waals surface area contributed by atoms with Crippen molar-refractivity contribution in [1.82, 2.24) is 4.90 Å². The maximum Gasteiger partial charge on any atom is 0.309 e. The van der Waals surface area contributed by atoms with Gasteiger partial charge in [0.15, 0.2) is 0 Å². The molecule has 0 spiro atoms. The highest BCUT2D eigenvalue weighted by molar-refractivity contribution is 7.92. The molecule has 1 amide bonds. The molecule has 2 aromatic carbocycles. The standard InChI is InChI=1S/C23H27ClN2O5S/c1-4-31-23(28)17-7-9-26(10-8-17)22(27)18-5-6-20(24)21(14-18)32(29,30)25-19-12-15(2)11-16(3)13-19/h5-6,11-14,17,25H,4,7-10H2,1-3H3. The van der Waals surface area contributed by atoms with Gasteiger partial charge in [0.2, 0.25) is 0 Å². The Labute approximate surface area is 193 Å². The molecule has 1 aliphatic heterocycles. The molecule has 0 aromatic heterocycles. The first kappa shape index (κ1) is 24.1. The molecular weight excluding hydrogens is 452 g/mol. The Hall–Kier alpha value is -2.58. The summed E-state index contributed by atoms with van der Waals surface area (Å²) in [5.74, 6) is -0.758. The van der Waals surface area contributed by atoms with Crippen molar-refractivity contribution in [3.05, 3.63) is 58.1 Å². The van der Waals surface area contributed by atoms with Crippen molar-refractivity contribution >= 4 is 39.2 Å². The van der Waals surface area contributed by atoms with Crippen molar-refractivity contribution in [3.8, 4) is 0 Å². The number of ether oxygens (including phenoxy) is 1. The highest BCUT2D eigenvalue weighted by atomic mass is 35.5. The maximum absolute atomic E-state index is 13.0. The van der Waals surface area contributed by atoms with Crippen molar-refractivity contribution in [2.45, 2.75) is 38.5 Å². The number of sulfonamides is 1. The van der Waals surface area contributed by atoms with E-state index < -0.39 is 10.0 Å². The lowest BCUT2D eigenvalue weighted by Crippen LogP contribution is -2.40. The van der Waals surface area contributed by atoms with Gasteiger partial charge >= 0.3 is 5.97 Å². The number of nitrogens with zero attached hydrogens (tertiary/aromatic N) is 1. The molecule has 0 bridgehead atoms. The van der Waals surface area contributed by atoms with Gasteiger partial charge in [0.25, 0.3) is 15.9 Å². The SMILES string of the molecule is CCOC(=O)C1CCN(C(=O)c2ccc(Cl)c(S(=O)(=O)Nc3cc(C)cc(C)c3)c2)CC1. The van der Waals surface area contributed by atoms with E-state index in [1.165, 1.54) is 18.2 Å². The predicted octanol–water partition coefficient (Wildman–Crippen LogP) is 4.17. The van der Waals surface area contributed by atoms with E-state index in [1.807, 2.05) is 19.9 Å². The summed E-state index contributed by atoms with van der Waals surface area (Å²) in [4.78, 5) is 26.4. The van der Waals surface area contributed by atoms with Crippen LogP contribution in [0.25, 0.3) is 0 Å². The average molecular weight is 479 g/mol. The summed E-state index contributed by atoms with van der Waals surface area (Å²) in [7, 11) is -4.00. The van der Waals surface area contributed by atoms with Gasteiger partial charge in [-0.3, -0.25) is 14.3 Å². The minimum Gasteiger partial charge on any atom is -0.466 e. The number of piperidine rings is 1. The number of rotatable bonds is 6. The zero-order chi connectivity index (χ0) is 23.5. The van der Waals surface area contributed by atoms with Crippen molar-refractivity contribution in [2.24, 2.45) is 5.92 Å². The molecule has 0 atom stereocenters. The number of halogens is 1. The van der Waals surface area contributed by atoms with Crippen LogP contribution in [-0.4, -0.2) is 44.9 Å². The maximum atomic E-state index is 13.0. The van der Waals surface area contributed by atoms with E-state index in [0.29, 0.717) is 38.2 Å². The van der Waals surface area contributed by atoms with Crippen LogP contribution in [0.4, 0.5) is 5.69 Å². The van der Waals surface area contributed by atoms with Crippen LogP contribution >= 0.6 is 11.6 Å². The molecule has 172 valence electrons. The third-order valence-electron chi connectivity index (χ3n) is 5.34. The first-order valence-electron chi connectivity index (χ1n) is 10.5. The Morgan fingerprint density at radius 1 is 1.09 bits per heavy atom. The molecule has 7 nitrogen and oxygen atoms in total. The summed E-state index contributed by atoms with van der Waals surface area (Å²) in [6.45, 7) is 6.64. The molecule has 0 saturated carbocycles. The molecule has 1 heterocycles. The van der Waals surface area contributed by atoms with Gasteiger partial charge in [-0.1, -0.05) is 17.7 Å². The van der Waals surface area contributed by atoms with Gasteiger partial charge in [-0.05, 0) is 75.1 Å². The number of hydrogen-bond donors (Lipinski definition) is 1. The second kappa shape index (κ2) is 9.92. The number of carbonyl (C=O) groups is 2. The van der Waals surface area contributed by atoms with Gasteiger partial charge in [-0.15, -0.1) is 0 Å². The highest BCUT2D eigenvalue weighted by Crippen LogP contribution is 2.27. The molecule has 1 N–H and O–H groups in total. The number of hydrogen-bond acceptors (Lipinski definition) is 5. The molecule has 9 heteroatoms. The van der Waals surface area contributed by atoms with Gasteiger partial charge in [0, 0.05) is 24.3 Å². The lowest BCUT2D eigenvalue weighted by Gasteiger charge is -2.31. The molecule has 2 aromatic rings. The van der Waals surface area contributed by atoms with Gasteiger partial charge in [-0.25, -0.2) is 8.42 Å². The number of amides is 1. The summed E-state index contributed by atoms with van der Waals surface area (Å²) in [5, 5.41) is 0.0273. The molecule has 3 rings (SSSR count). The largest absolute Gasteiger partial charge is 0.466 e. The summed E-state index contributed by atoms with van der Waals surface area (Å²) >= 11 is 6.19. The summed E-state index contributed by atoms with van der Waals surface area (Å²) < 4.78 is 33.6. The lowest BCUT2D eigenvalue weighted by atomic mass is 9.96. The minimum atomic E-state index is -4.00. The van der Waals surface area contributed by atoms with E-state index in [2.05, 4.69) is 4.72 Å². The van der Waals surface area contributed by atoms with Crippen LogP contribution in [0.1, 0.15) is 41.3 Å². The van der Waals surface area contributed by atoms with E-state index in [9.17, 15) is 18.0 Å². The second-order valence-electron chi connectivity index (χ2n) is 7.95. The van der Waals surface area contributed by atoms with Gasteiger partial charge in [0.1, 0.15) is 4.90 Å². The van der Waals surface area contributed by atoms with Crippen molar-refractivity contribution in [2.75, 3.05) is 24.4 Å². The number of anilines is 1. The number of carbonyl (C=O) groups excluding carboxylic acids is 2. The van der Waals surface area contributed by atoms with Crippen molar-refractivity contribution < 1.29 is 22.7 Å². The van der Waals surface area contributed by atoms with Gasteiger partial charge < -0.3 is 9.64 Å². The fourth-order valence-electron chi connectivity index (χ4n) is 3.85. The van der Waals surface area contributed by atoms with Crippen molar-refractivity contribution in [1.29, 1.82) is 0 Å². The van der Waals surface area contributed by atoms with Crippen LogP contribution < -0.4 is 4.72 Å². The van der Waals surface area contributed by atoms with Crippen LogP contribution in [0.3, 0.4) is 0 Å². The Morgan fingerprint density at radius 3 is 2.31 bits per heavy atom. The van der Waals surface area contributed by atoms with E-state index in [-0.39, 0.29) is 33.3 Å². The first-order valence-corrected chi connectivity index (χ1v) is 12.3. The Morgan fingerprint density at radius 2 is 1.72 bits per heavy atom. The zero-order valence-electron chi connectivity index (χ0n) is 18.4. The quantitative estimate of drug-likeness (QED) is 0.629. The summed E-state index contributed by atoms with van der Waals surface area (Å²) in [6, 6.07) is 9.61. The van der Waals surface area contributed by atoms with E-state index >= 15 is 0 Å². The monoisotopic (exact) mass is 478 g/mol. The summed E-state index contributed by atoms with van der Waals surface area (Å²) in [5.41, 5.74) is 2.49. The number of esters is 1. The van der Waals surface area contributed by atoms with Crippen LogP contribution in [0.15, 0.2) is 41.3 Å². The molecule has 0 radical (unpaired) electrons. The topological polar surface area (TPSA) is 92.8 Å². The minimum absolute atomic E-state index is 0.0273. The van der Waals surface area contributed by atoms with Crippen LogP contribution in [0.2, 0.25) is 5.02 Å². The van der Waals surface area contributed by atoms with Crippen LogP contribution in [0, 0.1) is 19.8 Å². The van der Waals surface area contributed by atoms with E-state index in [0.717, 1.165) is 11.1 Å². The third kappa shape index (κ3) is 5.61. The smallest absolute Gasteiger partial charge is 0.309 e. The molecule has 1 fully saturated rings. The normalized spacial score (nSPS) is 14.8. The first-order chi connectivity index (χ1) is 15.1. The number of nitrogens with one attached hydrogen (secondary N) is 1. The van der Waals surface area contributed by atoms with Gasteiger partial charge in [-0.2, -0.15) is 0 Å². The highest BCUT2D eigenvalue weighted by Gasteiger charge is 2.29. The Kier molecular flexibility index (Phi) is 7.46. The molecule has 0 unspecified atom stereocenters. The van der Waals surface area contributed by atoms with E-state index in [4.69, 9.17) is 16.3 Å².